The first-order chi connectivity index (χ1) is 7.05. The first-order valence-corrected chi connectivity index (χ1v) is 6.22. The van der Waals surface area contributed by atoms with Gasteiger partial charge in [-0.3, -0.25) is 0 Å². The number of hydrogen-bond acceptors (Lipinski definition) is 3. The molecule has 1 N–H and O–H groups in total. The van der Waals surface area contributed by atoms with Crippen molar-refractivity contribution in [3.05, 3.63) is 21.9 Å². The largest absolute Gasteiger partial charge is 0.379 e. The summed E-state index contributed by atoms with van der Waals surface area (Å²) in [6.07, 6.45) is 1.04. The number of ether oxygens (including phenoxy) is 1. The minimum Gasteiger partial charge on any atom is -0.379 e. The number of nitrogens with one attached hydrogen (secondary N) is 1. The quantitative estimate of drug-likeness (QED) is 0.754. The van der Waals surface area contributed by atoms with Gasteiger partial charge in [-0.25, -0.2) is 0 Å². The molecule has 0 unspecified atom stereocenters. The Hall–Kier alpha value is -0.380. The zero-order chi connectivity index (χ0) is 11.3. The summed E-state index contributed by atoms with van der Waals surface area (Å²) >= 11 is 1.82. The van der Waals surface area contributed by atoms with Crippen LogP contribution in [0.2, 0.25) is 0 Å². The van der Waals surface area contributed by atoms with E-state index in [1.54, 1.807) is 7.11 Å². The zero-order valence-corrected chi connectivity index (χ0v) is 10.9. The predicted octanol–water partition coefficient (Wildman–Crippen LogP) is 2.96. The van der Waals surface area contributed by atoms with Crippen LogP contribution in [0, 0.1) is 6.92 Å². The van der Waals surface area contributed by atoms with E-state index in [-0.39, 0.29) is 5.60 Å². The van der Waals surface area contributed by atoms with Gasteiger partial charge < -0.3 is 10.1 Å². The Kier molecular flexibility index (Phi) is 4.77. The normalized spacial score (nSPS) is 12.0. The van der Waals surface area contributed by atoms with Gasteiger partial charge in [0.2, 0.25) is 0 Å². The molecule has 1 heterocycles. The molecule has 1 aromatic rings. The molecular weight excluding hydrogens is 206 g/mol. The summed E-state index contributed by atoms with van der Waals surface area (Å²) in [5.74, 6) is 0. The highest BCUT2D eigenvalue weighted by Gasteiger charge is 2.14. The monoisotopic (exact) mass is 227 g/mol. The molecule has 3 heteroatoms. The second-order valence-corrected chi connectivity index (χ2v) is 5.42. The van der Waals surface area contributed by atoms with Crippen LogP contribution < -0.4 is 5.32 Å². The van der Waals surface area contributed by atoms with Crippen LogP contribution in [0.1, 0.15) is 30.7 Å². The Labute approximate surface area is 96.7 Å². The van der Waals surface area contributed by atoms with Gasteiger partial charge in [0.1, 0.15) is 0 Å². The van der Waals surface area contributed by atoms with Crippen molar-refractivity contribution in [1.82, 2.24) is 5.32 Å². The lowest BCUT2D eigenvalue weighted by Gasteiger charge is -2.22. The first-order valence-electron chi connectivity index (χ1n) is 5.34. The molecule has 15 heavy (non-hydrogen) atoms. The third-order valence-electron chi connectivity index (χ3n) is 2.71. The van der Waals surface area contributed by atoms with Crippen molar-refractivity contribution >= 4 is 11.3 Å². The summed E-state index contributed by atoms with van der Waals surface area (Å²) in [5, 5.41) is 5.59. The van der Waals surface area contributed by atoms with Crippen molar-refractivity contribution < 1.29 is 4.74 Å². The Balaban J connectivity index is 2.20. The number of aryl methyl sites for hydroxylation is 1. The van der Waals surface area contributed by atoms with Gasteiger partial charge in [0.25, 0.3) is 0 Å². The SMILES string of the molecule is COC(C)(C)CCNCc1sccc1C. The standard InChI is InChI=1S/C12H21NOS/c1-10-5-8-15-11(10)9-13-7-6-12(2,3)14-4/h5,8,13H,6-7,9H2,1-4H3. The van der Waals surface area contributed by atoms with Crippen LogP contribution in [0.15, 0.2) is 11.4 Å². The third kappa shape index (κ3) is 4.33. The molecule has 0 spiro atoms. The van der Waals surface area contributed by atoms with E-state index < -0.39 is 0 Å². The number of rotatable bonds is 6. The van der Waals surface area contributed by atoms with E-state index in [2.05, 4.69) is 37.5 Å². The summed E-state index contributed by atoms with van der Waals surface area (Å²) in [4.78, 5) is 1.44. The summed E-state index contributed by atoms with van der Waals surface area (Å²) in [6, 6.07) is 2.17. The van der Waals surface area contributed by atoms with E-state index in [4.69, 9.17) is 4.74 Å². The molecule has 0 fully saturated rings. The molecule has 86 valence electrons. The number of thiophene rings is 1. The lowest BCUT2D eigenvalue weighted by Crippen LogP contribution is -2.28. The van der Waals surface area contributed by atoms with Crippen molar-refractivity contribution in [3.8, 4) is 0 Å². The Morgan fingerprint density at radius 2 is 2.20 bits per heavy atom. The average Bonchev–Trinajstić information content (AvgIpc) is 2.59. The fraction of sp³-hybridized carbons (Fsp3) is 0.667. The fourth-order valence-corrected chi connectivity index (χ4v) is 2.15. The van der Waals surface area contributed by atoms with Crippen LogP contribution in [-0.2, 0) is 11.3 Å². The third-order valence-corrected chi connectivity index (χ3v) is 3.73. The van der Waals surface area contributed by atoms with E-state index in [0.29, 0.717) is 0 Å². The van der Waals surface area contributed by atoms with E-state index >= 15 is 0 Å². The smallest absolute Gasteiger partial charge is 0.0634 e. The van der Waals surface area contributed by atoms with Crippen molar-refractivity contribution in [2.75, 3.05) is 13.7 Å². The maximum absolute atomic E-state index is 5.36. The van der Waals surface area contributed by atoms with Gasteiger partial charge >= 0.3 is 0 Å². The molecule has 0 bridgehead atoms. The van der Waals surface area contributed by atoms with Gasteiger partial charge in [-0.1, -0.05) is 0 Å². The number of hydrogen-bond donors (Lipinski definition) is 1. The molecule has 0 aliphatic heterocycles. The fourth-order valence-electron chi connectivity index (χ4n) is 1.28. The second-order valence-electron chi connectivity index (χ2n) is 4.42. The van der Waals surface area contributed by atoms with Gasteiger partial charge in [-0.05, 0) is 50.7 Å². The van der Waals surface area contributed by atoms with Gasteiger partial charge in [0.05, 0.1) is 5.60 Å². The van der Waals surface area contributed by atoms with Crippen LogP contribution in [0.25, 0.3) is 0 Å². The van der Waals surface area contributed by atoms with E-state index in [1.807, 2.05) is 11.3 Å². The van der Waals surface area contributed by atoms with Crippen molar-refractivity contribution in [3.63, 3.8) is 0 Å². The molecule has 0 atom stereocenters. The molecule has 0 saturated carbocycles. The summed E-state index contributed by atoms with van der Waals surface area (Å²) in [6.45, 7) is 8.37. The van der Waals surface area contributed by atoms with E-state index in [0.717, 1.165) is 19.5 Å². The summed E-state index contributed by atoms with van der Waals surface area (Å²) in [5.41, 5.74) is 1.37. The molecule has 0 aromatic carbocycles. The highest BCUT2D eigenvalue weighted by atomic mass is 32.1. The highest BCUT2D eigenvalue weighted by molar-refractivity contribution is 7.10. The minimum atomic E-state index is -0.0164. The van der Waals surface area contributed by atoms with Gasteiger partial charge in [0.15, 0.2) is 0 Å². The van der Waals surface area contributed by atoms with Crippen LogP contribution >= 0.6 is 11.3 Å². The summed E-state index contributed by atoms with van der Waals surface area (Å²) < 4.78 is 5.36. The minimum absolute atomic E-state index is 0.0164. The van der Waals surface area contributed by atoms with Crippen molar-refractivity contribution in [2.24, 2.45) is 0 Å². The molecule has 1 rings (SSSR count). The molecule has 0 amide bonds. The topological polar surface area (TPSA) is 21.3 Å². The predicted molar refractivity (Wildman–Crippen MR) is 66.5 cm³/mol. The van der Waals surface area contributed by atoms with Crippen LogP contribution in [0.3, 0.4) is 0 Å². The van der Waals surface area contributed by atoms with Crippen LogP contribution in [-0.4, -0.2) is 19.3 Å². The van der Waals surface area contributed by atoms with Gasteiger partial charge in [-0.15, -0.1) is 11.3 Å². The maximum atomic E-state index is 5.36. The van der Waals surface area contributed by atoms with E-state index in [9.17, 15) is 0 Å². The first kappa shape index (κ1) is 12.7. The molecule has 2 nitrogen and oxygen atoms in total. The molecule has 1 aromatic heterocycles. The maximum Gasteiger partial charge on any atom is 0.0634 e. The Morgan fingerprint density at radius 1 is 1.47 bits per heavy atom. The lowest BCUT2D eigenvalue weighted by atomic mass is 10.1. The van der Waals surface area contributed by atoms with Crippen LogP contribution in [0.4, 0.5) is 0 Å². The van der Waals surface area contributed by atoms with Gasteiger partial charge in [-0.2, -0.15) is 0 Å². The molecule has 0 saturated heterocycles. The summed E-state index contributed by atoms with van der Waals surface area (Å²) in [7, 11) is 1.77. The highest BCUT2D eigenvalue weighted by Crippen LogP contribution is 2.15. The van der Waals surface area contributed by atoms with Crippen molar-refractivity contribution in [1.29, 1.82) is 0 Å². The van der Waals surface area contributed by atoms with Crippen LogP contribution in [0.5, 0.6) is 0 Å². The Morgan fingerprint density at radius 3 is 2.73 bits per heavy atom. The van der Waals surface area contributed by atoms with E-state index in [1.165, 1.54) is 10.4 Å². The Bertz CT molecular complexity index is 294. The van der Waals surface area contributed by atoms with Gasteiger partial charge in [0, 0.05) is 18.5 Å². The molecular formula is C12H21NOS. The molecule has 0 radical (unpaired) electrons. The van der Waals surface area contributed by atoms with Crippen molar-refractivity contribution in [2.45, 2.75) is 39.3 Å². The second kappa shape index (κ2) is 5.64. The molecule has 0 aliphatic carbocycles. The molecule has 0 aliphatic rings. The zero-order valence-electron chi connectivity index (χ0n) is 10.1. The lowest BCUT2D eigenvalue weighted by molar-refractivity contribution is 0.0158. The average molecular weight is 227 g/mol. The number of methoxy groups -OCH3 is 1.